The van der Waals surface area contributed by atoms with Gasteiger partial charge >= 0.3 is 11.9 Å². The molecule has 0 spiro atoms. The highest BCUT2D eigenvalue weighted by Gasteiger charge is 2.54. The maximum atomic E-state index is 15.2. The summed E-state index contributed by atoms with van der Waals surface area (Å²) in [5.74, 6) is -2.84. The van der Waals surface area contributed by atoms with Crippen LogP contribution in [0.1, 0.15) is 38.1 Å². The Morgan fingerprint density at radius 3 is 2.52 bits per heavy atom. The second-order valence-corrected chi connectivity index (χ2v) is 6.36. The Bertz CT molecular complexity index is 613. The lowest BCUT2D eigenvalue weighted by atomic mass is 9.96. The highest BCUT2D eigenvalue weighted by atomic mass is 19.1. The number of hydrogen-bond acceptors (Lipinski definition) is 6. The molecule has 6 nitrogen and oxygen atoms in total. The number of carbonyl (C=O) groups is 2. The van der Waals surface area contributed by atoms with E-state index in [2.05, 4.69) is 0 Å². The number of alkyl halides is 1. The molecule has 0 saturated carbocycles. The van der Waals surface area contributed by atoms with E-state index < -0.39 is 35.6 Å². The minimum atomic E-state index is -2.59. The van der Waals surface area contributed by atoms with Crippen molar-refractivity contribution >= 4 is 11.9 Å². The maximum Gasteiger partial charge on any atom is 0.347 e. The van der Waals surface area contributed by atoms with Crippen molar-refractivity contribution in [2.75, 3.05) is 13.2 Å². The summed E-state index contributed by atoms with van der Waals surface area (Å²) in [6.45, 7) is 5.88. The van der Waals surface area contributed by atoms with Crippen molar-refractivity contribution in [1.29, 1.82) is 0 Å². The molecular formula is C18H23FO6. The molecule has 0 aliphatic carbocycles. The molecule has 7 heteroatoms. The topological polar surface area (TPSA) is 71.1 Å². The first-order valence-corrected chi connectivity index (χ1v) is 8.11. The summed E-state index contributed by atoms with van der Waals surface area (Å²) >= 11 is 0. The average molecular weight is 354 g/mol. The van der Waals surface area contributed by atoms with E-state index in [1.165, 1.54) is 12.1 Å². The summed E-state index contributed by atoms with van der Waals surface area (Å²) in [5.41, 5.74) is -2.35. The molecule has 0 N–H and O–H groups in total. The van der Waals surface area contributed by atoms with E-state index in [-0.39, 0.29) is 18.8 Å². The molecule has 25 heavy (non-hydrogen) atoms. The fraction of sp³-hybridized carbons (Fsp3) is 0.556. The third kappa shape index (κ3) is 4.55. The highest BCUT2D eigenvalue weighted by molar-refractivity contribution is 5.90. The van der Waals surface area contributed by atoms with Crippen LogP contribution in [-0.4, -0.2) is 48.8 Å². The number of carbonyl (C=O) groups excluding carboxylic acids is 2. The van der Waals surface area contributed by atoms with Crippen LogP contribution in [0.5, 0.6) is 0 Å². The lowest BCUT2D eigenvalue weighted by Crippen LogP contribution is -2.53. The summed E-state index contributed by atoms with van der Waals surface area (Å²) in [4.78, 5) is 24.4. The lowest BCUT2D eigenvalue weighted by molar-refractivity contribution is -0.183. The molecule has 0 bridgehead atoms. The summed E-state index contributed by atoms with van der Waals surface area (Å²) < 4.78 is 36.4. The quantitative estimate of drug-likeness (QED) is 0.732. The molecule has 2 unspecified atom stereocenters. The SMILES string of the molecule is CCOC(=O)C(C)(F)C(OC(=O)c1ccccc1)[C@H]1COC(C)(C)O1. The van der Waals surface area contributed by atoms with Crippen molar-refractivity contribution < 1.29 is 32.9 Å². The molecule has 2 rings (SSSR count). The monoisotopic (exact) mass is 354 g/mol. The van der Waals surface area contributed by atoms with Crippen molar-refractivity contribution in [2.45, 2.75) is 51.4 Å². The zero-order chi connectivity index (χ0) is 18.7. The summed E-state index contributed by atoms with van der Waals surface area (Å²) in [7, 11) is 0. The van der Waals surface area contributed by atoms with Crippen LogP contribution < -0.4 is 0 Å². The van der Waals surface area contributed by atoms with E-state index in [0.29, 0.717) is 0 Å². The van der Waals surface area contributed by atoms with Gasteiger partial charge in [0.1, 0.15) is 6.10 Å². The molecule has 0 amide bonds. The van der Waals surface area contributed by atoms with Gasteiger partial charge in [-0.1, -0.05) is 18.2 Å². The smallest absolute Gasteiger partial charge is 0.347 e. The van der Waals surface area contributed by atoms with Crippen LogP contribution >= 0.6 is 0 Å². The number of rotatable bonds is 6. The van der Waals surface area contributed by atoms with Gasteiger partial charge in [-0.2, -0.15) is 0 Å². The Labute approximate surface area is 146 Å². The van der Waals surface area contributed by atoms with Gasteiger partial charge in [0.2, 0.25) is 5.67 Å². The minimum absolute atomic E-state index is 0.00517. The van der Waals surface area contributed by atoms with E-state index >= 15 is 4.39 Å². The number of halogens is 1. The van der Waals surface area contributed by atoms with Crippen LogP contribution in [-0.2, 0) is 23.7 Å². The largest absolute Gasteiger partial charge is 0.464 e. The van der Waals surface area contributed by atoms with Gasteiger partial charge in [-0.05, 0) is 39.8 Å². The van der Waals surface area contributed by atoms with Gasteiger partial charge in [0, 0.05) is 0 Å². The van der Waals surface area contributed by atoms with E-state index in [1.807, 2.05) is 0 Å². The van der Waals surface area contributed by atoms with E-state index in [9.17, 15) is 9.59 Å². The summed E-state index contributed by atoms with van der Waals surface area (Å²) in [6, 6.07) is 8.13. The summed E-state index contributed by atoms with van der Waals surface area (Å²) in [5, 5.41) is 0. The first-order valence-electron chi connectivity index (χ1n) is 8.11. The molecule has 1 saturated heterocycles. The van der Waals surface area contributed by atoms with Gasteiger partial charge < -0.3 is 18.9 Å². The van der Waals surface area contributed by atoms with E-state index in [4.69, 9.17) is 18.9 Å². The fourth-order valence-corrected chi connectivity index (χ4v) is 2.55. The number of hydrogen-bond donors (Lipinski definition) is 0. The molecule has 1 aromatic rings. The lowest BCUT2D eigenvalue weighted by Gasteiger charge is -2.32. The molecular weight excluding hydrogens is 331 g/mol. The van der Waals surface area contributed by atoms with Crippen LogP contribution in [0.25, 0.3) is 0 Å². The third-order valence-corrected chi connectivity index (χ3v) is 3.82. The van der Waals surface area contributed by atoms with Gasteiger partial charge in [0.15, 0.2) is 11.9 Å². The number of ether oxygens (including phenoxy) is 4. The molecule has 1 heterocycles. The van der Waals surface area contributed by atoms with Crippen molar-refractivity contribution in [3.63, 3.8) is 0 Å². The molecule has 0 radical (unpaired) electrons. The Morgan fingerprint density at radius 1 is 1.36 bits per heavy atom. The minimum Gasteiger partial charge on any atom is -0.464 e. The Balaban J connectivity index is 2.26. The van der Waals surface area contributed by atoms with Gasteiger partial charge in [0.05, 0.1) is 18.8 Å². The van der Waals surface area contributed by atoms with Crippen molar-refractivity contribution in [3.05, 3.63) is 35.9 Å². The van der Waals surface area contributed by atoms with Crippen molar-refractivity contribution in [3.8, 4) is 0 Å². The first kappa shape index (κ1) is 19.3. The Hall–Kier alpha value is -1.99. The zero-order valence-corrected chi connectivity index (χ0v) is 14.8. The van der Waals surface area contributed by atoms with Crippen LogP contribution in [0.15, 0.2) is 30.3 Å². The van der Waals surface area contributed by atoms with Crippen LogP contribution in [0.3, 0.4) is 0 Å². The first-order chi connectivity index (χ1) is 11.7. The molecule has 138 valence electrons. The van der Waals surface area contributed by atoms with E-state index in [1.54, 1.807) is 39.0 Å². The van der Waals surface area contributed by atoms with E-state index in [0.717, 1.165) is 6.92 Å². The molecule has 3 atom stereocenters. The van der Waals surface area contributed by atoms with Crippen LogP contribution in [0.2, 0.25) is 0 Å². The maximum absolute atomic E-state index is 15.2. The van der Waals surface area contributed by atoms with Crippen molar-refractivity contribution in [2.24, 2.45) is 0 Å². The fourth-order valence-electron chi connectivity index (χ4n) is 2.55. The second kappa shape index (κ2) is 7.49. The zero-order valence-electron chi connectivity index (χ0n) is 14.8. The number of benzene rings is 1. The normalized spacial score (nSPS) is 22.7. The second-order valence-electron chi connectivity index (χ2n) is 6.36. The van der Waals surface area contributed by atoms with Gasteiger partial charge in [-0.15, -0.1) is 0 Å². The summed E-state index contributed by atoms with van der Waals surface area (Å²) in [6.07, 6.45) is -2.46. The molecule has 1 aliphatic rings. The predicted molar refractivity (Wildman–Crippen MR) is 86.7 cm³/mol. The van der Waals surface area contributed by atoms with Gasteiger partial charge in [0.25, 0.3) is 0 Å². The molecule has 0 aromatic heterocycles. The Morgan fingerprint density at radius 2 is 2.00 bits per heavy atom. The predicted octanol–water partition coefficient (Wildman–Crippen LogP) is 2.65. The molecule has 1 aromatic carbocycles. The van der Waals surface area contributed by atoms with Gasteiger partial charge in [-0.25, -0.2) is 14.0 Å². The standard InChI is InChI=1S/C18H23FO6/c1-5-22-16(21)18(4,19)14(13-11-23-17(2,3)25-13)24-15(20)12-9-7-6-8-10-12/h6-10,13-14H,5,11H2,1-4H3/t13-,14?,18?/m1/s1. The Kier molecular flexibility index (Phi) is 5.80. The highest BCUT2D eigenvalue weighted by Crippen LogP contribution is 2.33. The average Bonchev–Trinajstić information content (AvgIpc) is 2.92. The van der Waals surface area contributed by atoms with Crippen LogP contribution in [0.4, 0.5) is 4.39 Å². The molecule has 1 fully saturated rings. The number of esters is 2. The van der Waals surface area contributed by atoms with Crippen LogP contribution in [0, 0.1) is 0 Å². The van der Waals surface area contributed by atoms with Crippen molar-refractivity contribution in [1.82, 2.24) is 0 Å². The molecule has 1 aliphatic heterocycles. The van der Waals surface area contributed by atoms with Gasteiger partial charge in [-0.3, -0.25) is 0 Å². The third-order valence-electron chi connectivity index (χ3n) is 3.82.